The van der Waals surface area contributed by atoms with Crippen LogP contribution in [0.3, 0.4) is 0 Å². The van der Waals surface area contributed by atoms with E-state index in [1.165, 1.54) is 0 Å². The number of rotatable bonds is 8. The van der Waals surface area contributed by atoms with Crippen molar-refractivity contribution in [2.24, 2.45) is 0 Å². The zero-order chi connectivity index (χ0) is 23.4. The van der Waals surface area contributed by atoms with E-state index in [1.807, 2.05) is 24.3 Å². The highest BCUT2D eigenvalue weighted by molar-refractivity contribution is 6.42. The number of hydrogen-bond acceptors (Lipinski definition) is 4. The van der Waals surface area contributed by atoms with Crippen LogP contribution in [0.1, 0.15) is 50.2 Å². The second-order valence-corrected chi connectivity index (χ2v) is 9.44. The standard InChI is InChI=1S/C25H28Cl2N2O4/c1-16(25(31)28-19-4-2-3-5-19)29(14-18-6-9-20(26)21(27)12-18)24(30)11-8-17-7-10-22-23(13-17)33-15-32-22/h6-7,9-10,12-13,16,19H,2-5,8,11,14-15H2,1H3,(H,28,31)/t16-/m0/s1. The molecule has 6 nitrogen and oxygen atoms in total. The van der Waals surface area contributed by atoms with Crippen LogP contribution in [0, 0.1) is 0 Å². The molecule has 1 fully saturated rings. The topological polar surface area (TPSA) is 67.9 Å². The number of fused-ring (bicyclic) bond motifs is 1. The summed E-state index contributed by atoms with van der Waals surface area (Å²) in [6.45, 7) is 2.26. The Kier molecular flexibility index (Phi) is 7.66. The fourth-order valence-corrected chi connectivity index (χ4v) is 4.62. The van der Waals surface area contributed by atoms with E-state index in [9.17, 15) is 9.59 Å². The van der Waals surface area contributed by atoms with E-state index in [0.29, 0.717) is 28.0 Å². The molecular weight excluding hydrogens is 463 g/mol. The number of nitrogens with zero attached hydrogens (tertiary/aromatic N) is 1. The first-order valence-electron chi connectivity index (χ1n) is 11.3. The predicted molar refractivity (Wildman–Crippen MR) is 128 cm³/mol. The summed E-state index contributed by atoms with van der Waals surface area (Å²) in [4.78, 5) is 27.9. The molecule has 0 saturated heterocycles. The van der Waals surface area contributed by atoms with E-state index in [0.717, 1.165) is 36.8 Å². The molecule has 1 saturated carbocycles. The average Bonchev–Trinajstić information content (AvgIpc) is 3.49. The Hall–Kier alpha value is -2.44. The number of benzene rings is 2. The number of hydrogen-bond donors (Lipinski definition) is 1. The third-order valence-corrected chi connectivity index (χ3v) is 7.01. The van der Waals surface area contributed by atoms with Crippen LogP contribution in [0.15, 0.2) is 36.4 Å². The van der Waals surface area contributed by atoms with Gasteiger partial charge in [0.25, 0.3) is 0 Å². The smallest absolute Gasteiger partial charge is 0.242 e. The Morgan fingerprint density at radius 3 is 2.52 bits per heavy atom. The fraction of sp³-hybridized carbons (Fsp3) is 0.440. The lowest BCUT2D eigenvalue weighted by Crippen LogP contribution is -2.49. The van der Waals surface area contributed by atoms with E-state index in [4.69, 9.17) is 32.7 Å². The number of carbonyl (C=O) groups is 2. The number of aryl methyl sites for hydroxylation is 1. The van der Waals surface area contributed by atoms with Crippen molar-refractivity contribution in [3.8, 4) is 11.5 Å². The largest absolute Gasteiger partial charge is 0.454 e. The van der Waals surface area contributed by atoms with Gasteiger partial charge in [0.1, 0.15) is 6.04 Å². The van der Waals surface area contributed by atoms with Gasteiger partial charge in [-0.2, -0.15) is 0 Å². The van der Waals surface area contributed by atoms with Gasteiger partial charge in [-0.1, -0.05) is 48.2 Å². The van der Waals surface area contributed by atoms with E-state index in [2.05, 4.69) is 5.32 Å². The van der Waals surface area contributed by atoms with Crippen molar-refractivity contribution >= 4 is 35.0 Å². The number of nitrogens with one attached hydrogen (secondary N) is 1. The molecule has 1 N–H and O–H groups in total. The van der Waals surface area contributed by atoms with E-state index in [1.54, 1.807) is 24.0 Å². The van der Waals surface area contributed by atoms with Crippen molar-refractivity contribution in [3.05, 3.63) is 57.6 Å². The summed E-state index contributed by atoms with van der Waals surface area (Å²) >= 11 is 12.2. The molecule has 1 atom stereocenters. The first-order chi connectivity index (χ1) is 15.9. The van der Waals surface area contributed by atoms with E-state index >= 15 is 0 Å². The molecular formula is C25H28Cl2N2O4. The average molecular weight is 491 g/mol. The van der Waals surface area contributed by atoms with Gasteiger partial charge in [-0.25, -0.2) is 0 Å². The zero-order valence-electron chi connectivity index (χ0n) is 18.6. The van der Waals surface area contributed by atoms with Gasteiger partial charge in [0.2, 0.25) is 18.6 Å². The Morgan fingerprint density at radius 2 is 1.76 bits per heavy atom. The molecule has 0 radical (unpaired) electrons. The highest BCUT2D eigenvalue weighted by Crippen LogP contribution is 2.33. The van der Waals surface area contributed by atoms with Gasteiger partial charge in [0, 0.05) is 19.0 Å². The van der Waals surface area contributed by atoms with Crippen LogP contribution in [-0.4, -0.2) is 35.6 Å². The summed E-state index contributed by atoms with van der Waals surface area (Å²) in [7, 11) is 0. The second kappa shape index (κ2) is 10.7. The predicted octanol–water partition coefficient (Wildman–Crippen LogP) is 5.13. The molecule has 0 unspecified atom stereocenters. The Balaban J connectivity index is 1.46. The molecule has 0 spiro atoms. The Bertz CT molecular complexity index is 1020. The van der Waals surface area contributed by atoms with E-state index in [-0.39, 0.29) is 37.6 Å². The highest BCUT2D eigenvalue weighted by atomic mass is 35.5. The van der Waals surface area contributed by atoms with Crippen LogP contribution in [-0.2, 0) is 22.6 Å². The minimum atomic E-state index is -0.607. The van der Waals surface area contributed by atoms with Gasteiger partial charge in [0.15, 0.2) is 11.5 Å². The molecule has 2 aromatic rings. The summed E-state index contributed by atoms with van der Waals surface area (Å²) in [6.07, 6.45) is 5.03. The zero-order valence-corrected chi connectivity index (χ0v) is 20.1. The lowest BCUT2D eigenvalue weighted by Gasteiger charge is -2.30. The molecule has 0 bridgehead atoms. The summed E-state index contributed by atoms with van der Waals surface area (Å²) < 4.78 is 10.8. The lowest BCUT2D eigenvalue weighted by molar-refractivity contribution is -0.140. The third kappa shape index (κ3) is 5.92. The SMILES string of the molecule is C[C@@H](C(=O)NC1CCCC1)N(Cc1ccc(Cl)c(Cl)c1)C(=O)CCc1ccc2c(c1)OCO2. The van der Waals surface area contributed by atoms with Crippen molar-refractivity contribution in [2.45, 2.75) is 64.1 Å². The van der Waals surface area contributed by atoms with Crippen molar-refractivity contribution < 1.29 is 19.1 Å². The summed E-state index contributed by atoms with van der Waals surface area (Å²) in [5.41, 5.74) is 1.80. The number of amides is 2. The van der Waals surface area contributed by atoms with Gasteiger partial charge < -0.3 is 19.7 Å². The van der Waals surface area contributed by atoms with Gasteiger partial charge in [0.05, 0.1) is 10.0 Å². The van der Waals surface area contributed by atoms with Crippen LogP contribution in [0.25, 0.3) is 0 Å². The van der Waals surface area contributed by atoms with Gasteiger partial charge in [-0.15, -0.1) is 0 Å². The molecule has 1 aliphatic carbocycles. The summed E-state index contributed by atoms with van der Waals surface area (Å²) in [5, 5.41) is 3.99. The number of ether oxygens (including phenoxy) is 2. The third-order valence-electron chi connectivity index (χ3n) is 6.27. The maximum absolute atomic E-state index is 13.3. The fourth-order valence-electron chi connectivity index (χ4n) is 4.30. The van der Waals surface area contributed by atoms with Crippen LogP contribution >= 0.6 is 23.2 Å². The molecule has 8 heteroatoms. The van der Waals surface area contributed by atoms with Crippen molar-refractivity contribution in [3.63, 3.8) is 0 Å². The maximum atomic E-state index is 13.3. The molecule has 2 aliphatic rings. The van der Waals surface area contributed by atoms with Crippen molar-refractivity contribution in [2.75, 3.05) is 6.79 Å². The summed E-state index contributed by atoms with van der Waals surface area (Å²) in [6, 6.07) is 10.5. The number of carbonyl (C=O) groups excluding carboxylic acids is 2. The molecule has 1 aliphatic heterocycles. The minimum Gasteiger partial charge on any atom is -0.454 e. The molecule has 176 valence electrons. The second-order valence-electron chi connectivity index (χ2n) is 8.62. The molecule has 0 aromatic heterocycles. The molecule has 33 heavy (non-hydrogen) atoms. The molecule has 1 heterocycles. The van der Waals surface area contributed by atoms with Crippen LogP contribution in [0.4, 0.5) is 0 Å². The van der Waals surface area contributed by atoms with Crippen molar-refractivity contribution in [1.82, 2.24) is 10.2 Å². The maximum Gasteiger partial charge on any atom is 0.242 e. The molecule has 2 aromatic carbocycles. The quantitative estimate of drug-likeness (QED) is 0.556. The van der Waals surface area contributed by atoms with E-state index < -0.39 is 6.04 Å². The van der Waals surface area contributed by atoms with Gasteiger partial charge in [-0.3, -0.25) is 9.59 Å². The number of halogens is 2. The summed E-state index contributed by atoms with van der Waals surface area (Å²) in [5.74, 6) is 1.17. The first-order valence-corrected chi connectivity index (χ1v) is 12.1. The first kappa shape index (κ1) is 23.7. The van der Waals surface area contributed by atoms with Crippen LogP contribution < -0.4 is 14.8 Å². The van der Waals surface area contributed by atoms with Gasteiger partial charge >= 0.3 is 0 Å². The van der Waals surface area contributed by atoms with Crippen LogP contribution in [0.2, 0.25) is 10.0 Å². The molecule has 4 rings (SSSR count). The minimum absolute atomic E-state index is 0.104. The normalized spacial score (nSPS) is 16.0. The Morgan fingerprint density at radius 1 is 1.03 bits per heavy atom. The van der Waals surface area contributed by atoms with Crippen molar-refractivity contribution in [1.29, 1.82) is 0 Å². The highest BCUT2D eigenvalue weighted by Gasteiger charge is 2.28. The van der Waals surface area contributed by atoms with Crippen LogP contribution in [0.5, 0.6) is 11.5 Å². The molecule has 2 amide bonds. The monoisotopic (exact) mass is 490 g/mol. The lowest BCUT2D eigenvalue weighted by atomic mass is 10.1. The van der Waals surface area contributed by atoms with Gasteiger partial charge in [-0.05, 0) is 61.6 Å². The Labute approximate surface area is 204 Å².